The van der Waals surface area contributed by atoms with Crippen molar-refractivity contribution in [1.82, 2.24) is 4.90 Å². The van der Waals surface area contributed by atoms with E-state index < -0.39 is 12.9 Å². The summed E-state index contributed by atoms with van der Waals surface area (Å²) >= 11 is 0. The van der Waals surface area contributed by atoms with Gasteiger partial charge in [0.15, 0.2) is 0 Å². The molecule has 0 radical (unpaired) electrons. The summed E-state index contributed by atoms with van der Waals surface area (Å²) in [5.74, 6) is -0.457. The van der Waals surface area contributed by atoms with Crippen LogP contribution in [0, 0.1) is 11.7 Å². The van der Waals surface area contributed by atoms with Crippen molar-refractivity contribution in [2.75, 3.05) is 13.1 Å². The van der Waals surface area contributed by atoms with Crippen molar-refractivity contribution in [3.8, 4) is 0 Å². The molecule has 6 heteroatoms. The normalized spacial score (nSPS) is 19.4. The predicted octanol–water partition coefficient (Wildman–Crippen LogP) is 0.378. The maximum Gasteiger partial charge on any atom is 0.488 e. The van der Waals surface area contributed by atoms with Crippen molar-refractivity contribution >= 4 is 18.5 Å². The van der Waals surface area contributed by atoms with Crippen LogP contribution >= 0.6 is 0 Å². The quantitative estimate of drug-likeness (QED) is 0.760. The summed E-state index contributed by atoms with van der Waals surface area (Å²) in [6, 6.07) is 3.48. The van der Waals surface area contributed by atoms with E-state index in [1.807, 2.05) is 0 Å². The molecule has 0 aliphatic carbocycles. The molecule has 2 N–H and O–H groups in total. The van der Waals surface area contributed by atoms with Gasteiger partial charge in [0.25, 0.3) is 5.91 Å². The van der Waals surface area contributed by atoms with E-state index in [0.29, 0.717) is 19.0 Å². The van der Waals surface area contributed by atoms with Crippen molar-refractivity contribution in [2.24, 2.45) is 5.92 Å². The molecule has 1 heterocycles. The highest BCUT2D eigenvalue weighted by Gasteiger charge is 2.23. The van der Waals surface area contributed by atoms with E-state index in [1.54, 1.807) is 4.90 Å². The minimum absolute atomic E-state index is 0.00610. The van der Waals surface area contributed by atoms with Crippen LogP contribution < -0.4 is 5.46 Å². The lowest BCUT2D eigenvalue weighted by atomic mass is 9.79. The first kappa shape index (κ1) is 14.0. The van der Waals surface area contributed by atoms with Crippen LogP contribution in [0.4, 0.5) is 4.39 Å². The number of hydrogen-bond acceptors (Lipinski definition) is 3. The molecule has 1 aromatic rings. The minimum atomic E-state index is -1.78. The van der Waals surface area contributed by atoms with Gasteiger partial charge in [-0.05, 0) is 42.4 Å². The summed E-state index contributed by atoms with van der Waals surface area (Å²) in [6.45, 7) is 3.40. The predicted molar refractivity (Wildman–Crippen MR) is 70.5 cm³/mol. The summed E-state index contributed by atoms with van der Waals surface area (Å²) < 4.78 is 13.4. The van der Waals surface area contributed by atoms with E-state index in [0.717, 1.165) is 25.0 Å². The Morgan fingerprint density at radius 1 is 1.42 bits per heavy atom. The van der Waals surface area contributed by atoms with Gasteiger partial charge in [-0.25, -0.2) is 4.39 Å². The molecule has 1 fully saturated rings. The molecule has 102 valence electrons. The van der Waals surface area contributed by atoms with Crippen LogP contribution in [-0.4, -0.2) is 41.1 Å². The Labute approximate surface area is 112 Å². The molecule has 0 bridgehead atoms. The van der Waals surface area contributed by atoms with Crippen LogP contribution in [0.1, 0.15) is 30.1 Å². The van der Waals surface area contributed by atoms with Crippen LogP contribution in [0.2, 0.25) is 0 Å². The molecule has 0 aromatic heterocycles. The second-order valence-electron chi connectivity index (χ2n) is 5.15. The highest BCUT2D eigenvalue weighted by Crippen LogP contribution is 2.18. The largest absolute Gasteiger partial charge is 0.488 e. The van der Waals surface area contributed by atoms with Gasteiger partial charge in [0, 0.05) is 18.7 Å². The molecule has 1 atom stereocenters. The summed E-state index contributed by atoms with van der Waals surface area (Å²) in [4.78, 5) is 14.0. The maximum atomic E-state index is 13.4. The average Bonchev–Trinajstić information content (AvgIpc) is 2.37. The van der Waals surface area contributed by atoms with Crippen molar-refractivity contribution in [3.05, 3.63) is 29.6 Å². The van der Waals surface area contributed by atoms with Crippen LogP contribution in [0.15, 0.2) is 18.2 Å². The Morgan fingerprint density at radius 2 is 2.16 bits per heavy atom. The van der Waals surface area contributed by atoms with E-state index in [1.165, 1.54) is 6.07 Å². The van der Waals surface area contributed by atoms with Gasteiger partial charge in [-0.1, -0.05) is 6.92 Å². The molecule has 1 amide bonds. The van der Waals surface area contributed by atoms with E-state index in [4.69, 9.17) is 10.0 Å². The zero-order valence-corrected chi connectivity index (χ0v) is 10.8. The first-order valence-electron chi connectivity index (χ1n) is 6.43. The Balaban J connectivity index is 2.23. The molecule has 1 aliphatic rings. The van der Waals surface area contributed by atoms with E-state index >= 15 is 0 Å². The minimum Gasteiger partial charge on any atom is -0.423 e. The Bertz CT molecular complexity index is 481. The summed E-state index contributed by atoms with van der Waals surface area (Å²) in [5.41, 5.74) is 0.158. The Morgan fingerprint density at radius 3 is 2.79 bits per heavy atom. The standard InChI is InChI=1S/C13H17BFNO3/c1-9-3-2-4-16(8-9)13(17)10-5-11(14(18)19)7-12(15)6-10/h5-7,9,18-19H,2-4,8H2,1H3/t9-/m0/s1. The lowest BCUT2D eigenvalue weighted by molar-refractivity contribution is 0.0682. The van der Waals surface area contributed by atoms with Crippen molar-refractivity contribution in [3.63, 3.8) is 0 Å². The lowest BCUT2D eigenvalue weighted by Crippen LogP contribution is -2.40. The maximum absolute atomic E-state index is 13.4. The molecule has 19 heavy (non-hydrogen) atoms. The van der Waals surface area contributed by atoms with Gasteiger partial charge in [-0.2, -0.15) is 0 Å². The zero-order chi connectivity index (χ0) is 14.0. The van der Waals surface area contributed by atoms with Gasteiger partial charge in [-0.3, -0.25) is 4.79 Å². The average molecular weight is 265 g/mol. The van der Waals surface area contributed by atoms with Gasteiger partial charge in [-0.15, -0.1) is 0 Å². The summed E-state index contributed by atoms with van der Waals surface area (Å²) in [7, 11) is -1.78. The monoisotopic (exact) mass is 265 g/mol. The van der Waals surface area contributed by atoms with Gasteiger partial charge in [0.1, 0.15) is 5.82 Å². The van der Waals surface area contributed by atoms with Crippen LogP contribution in [0.3, 0.4) is 0 Å². The number of piperidine rings is 1. The second kappa shape index (κ2) is 5.71. The fourth-order valence-corrected chi connectivity index (χ4v) is 2.44. The van der Waals surface area contributed by atoms with Crippen LogP contribution in [-0.2, 0) is 0 Å². The van der Waals surface area contributed by atoms with E-state index in [9.17, 15) is 9.18 Å². The number of nitrogens with zero attached hydrogens (tertiary/aromatic N) is 1. The molecule has 2 rings (SSSR count). The molecule has 0 unspecified atom stereocenters. The van der Waals surface area contributed by atoms with Gasteiger partial charge >= 0.3 is 7.12 Å². The number of likely N-dealkylation sites (tertiary alicyclic amines) is 1. The molecule has 1 saturated heterocycles. The second-order valence-corrected chi connectivity index (χ2v) is 5.15. The van der Waals surface area contributed by atoms with Gasteiger partial charge in [0.05, 0.1) is 0 Å². The first-order valence-corrected chi connectivity index (χ1v) is 6.43. The smallest absolute Gasteiger partial charge is 0.423 e. The number of carbonyl (C=O) groups is 1. The fraction of sp³-hybridized carbons (Fsp3) is 0.462. The molecule has 1 aliphatic heterocycles. The third kappa shape index (κ3) is 3.33. The van der Waals surface area contributed by atoms with E-state index in [2.05, 4.69) is 6.92 Å². The van der Waals surface area contributed by atoms with E-state index in [-0.39, 0.29) is 16.9 Å². The third-order valence-electron chi connectivity index (χ3n) is 3.41. The zero-order valence-electron chi connectivity index (χ0n) is 10.8. The number of halogens is 1. The van der Waals surface area contributed by atoms with Crippen molar-refractivity contribution in [2.45, 2.75) is 19.8 Å². The number of hydrogen-bond donors (Lipinski definition) is 2. The Hall–Kier alpha value is -1.40. The number of carbonyl (C=O) groups excluding carboxylic acids is 1. The number of amides is 1. The van der Waals surface area contributed by atoms with Crippen molar-refractivity contribution in [1.29, 1.82) is 0 Å². The lowest BCUT2D eigenvalue weighted by Gasteiger charge is -2.31. The summed E-state index contributed by atoms with van der Waals surface area (Å²) in [5, 5.41) is 18.1. The first-order chi connectivity index (χ1) is 8.97. The molecular formula is C13H17BFNO3. The van der Waals surface area contributed by atoms with Gasteiger partial charge < -0.3 is 14.9 Å². The molecule has 4 nitrogen and oxygen atoms in total. The fourth-order valence-electron chi connectivity index (χ4n) is 2.44. The number of rotatable bonds is 2. The molecule has 0 saturated carbocycles. The highest BCUT2D eigenvalue weighted by atomic mass is 19.1. The highest BCUT2D eigenvalue weighted by molar-refractivity contribution is 6.58. The number of benzene rings is 1. The van der Waals surface area contributed by atoms with Crippen LogP contribution in [0.5, 0.6) is 0 Å². The SMILES string of the molecule is C[C@H]1CCCN(C(=O)c2cc(F)cc(B(O)O)c2)C1. The van der Waals surface area contributed by atoms with Gasteiger partial charge in [0.2, 0.25) is 0 Å². The van der Waals surface area contributed by atoms with Crippen molar-refractivity contribution < 1.29 is 19.2 Å². The Kier molecular flexibility index (Phi) is 4.22. The molecular weight excluding hydrogens is 248 g/mol. The summed E-state index contributed by atoms with van der Waals surface area (Å²) in [6.07, 6.45) is 2.03. The van der Waals surface area contributed by atoms with Crippen LogP contribution in [0.25, 0.3) is 0 Å². The molecule has 0 spiro atoms. The topological polar surface area (TPSA) is 60.8 Å². The third-order valence-corrected chi connectivity index (χ3v) is 3.41. The molecule has 1 aromatic carbocycles.